The average Bonchev–Trinajstić information content (AvgIpc) is 2.81. The minimum atomic E-state index is -4.27. The zero-order valence-corrected chi connectivity index (χ0v) is 14.8. The normalized spacial score (nSPS) is 29.5. The van der Waals surface area contributed by atoms with Crippen molar-refractivity contribution in [3.63, 3.8) is 0 Å². The molecule has 0 bridgehead atoms. The van der Waals surface area contributed by atoms with Crippen molar-refractivity contribution >= 4 is 0 Å². The van der Waals surface area contributed by atoms with E-state index in [0.29, 0.717) is 5.56 Å². The molecule has 1 aromatic carbocycles. The monoisotopic (exact) mass is 341 g/mol. The first-order valence-corrected chi connectivity index (χ1v) is 8.64. The van der Waals surface area contributed by atoms with Crippen LogP contribution in [0.15, 0.2) is 24.3 Å². The Bertz CT molecular complexity index is 593. The second kappa shape index (κ2) is 5.73. The molecule has 1 aromatic rings. The molecule has 1 fully saturated rings. The second-order valence-electron chi connectivity index (χ2n) is 8.35. The van der Waals surface area contributed by atoms with Crippen LogP contribution in [0.4, 0.5) is 13.2 Å². The molecule has 0 unspecified atom stereocenters. The summed E-state index contributed by atoms with van der Waals surface area (Å²) < 4.78 is 40.8. The summed E-state index contributed by atoms with van der Waals surface area (Å²) in [5.74, 6) is -1.48. The zero-order chi connectivity index (χ0) is 17.8. The third-order valence-corrected chi connectivity index (χ3v) is 5.48. The van der Waals surface area contributed by atoms with E-state index < -0.39 is 18.2 Å². The number of rotatable bonds is 2. The summed E-state index contributed by atoms with van der Waals surface area (Å²) in [7, 11) is 0. The van der Waals surface area contributed by atoms with Crippen molar-refractivity contribution in [3.05, 3.63) is 35.4 Å². The van der Waals surface area contributed by atoms with Crippen LogP contribution in [0.25, 0.3) is 0 Å². The SMILES string of the molecule is CC1(C)CCCC(C)(C)N1O[C@H]1c2ccccc2C[C@@H]1C(F)(F)F. The van der Waals surface area contributed by atoms with Crippen molar-refractivity contribution in [2.45, 2.75) is 76.7 Å². The summed E-state index contributed by atoms with van der Waals surface area (Å²) in [6.07, 6.45) is -2.34. The van der Waals surface area contributed by atoms with Crippen molar-refractivity contribution in [2.24, 2.45) is 5.92 Å². The van der Waals surface area contributed by atoms with Crippen LogP contribution in [-0.2, 0) is 11.3 Å². The fraction of sp³-hybridized carbons (Fsp3) is 0.684. The van der Waals surface area contributed by atoms with Crippen LogP contribution in [0, 0.1) is 5.92 Å². The van der Waals surface area contributed by atoms with E-state index in [9.17, 15) is 13.2 Å². The van der Waals surface area contributed by atoms with Gasteiger partial charge in [0.05, 0.1) is 5.92 Å². The Kier molecular flexibility index (Phi) is 4.24. The summed E-state index contributed by atoms with van der Waals surface area (Å²) in [6.45, 7) is 8.21. The van der Waals surface area contributed by atoms with E-state index in [4.69, 9.17) is 4.84 Å². The summed E-state index contributed by atoms with van der Waals surface area (Å²) in [5, 5.41) is 1.84. The van der Waals surface area contributed by atoms with Gasteiger partial charge in [-0.25, -0.2) is 0 Å². The Morgan fingerprint density at radius 2 is 1.62 bits per heavy atom. The maximum atomic E-state index is 13.6. The van der Waals surface area contributed by atoms with Crippen molar-refractivity contribution in [3.8, 4) is 0 Å². The Hall–Kier alpha value is -1.07. The van der Waals surface area contributed by atoms with Gasteiger partial charge in [-0.15, -0.1) is 0 Å². The largest absolute Gasteiger partial charge is 0.395 e. The van der Waals surface area contributed by atoms with Crippen molar-refractivity contribution in [1.29, 1.82) is 0 Å². The second-order valence-corrected chi connectivity index (χ2v) is 8.35. The first-order chi connectivity index (χ1) is 11.0. The molecule has 1 saturated heterocycles. The first kappa shape index (κ1) is 17.7. The summed E-state index contributed by atoms with van der Waals surface area (Å²) in [5.41, 5.74) is 0.861. The Morgan fingerprint density at radius 1 is 1.04 bits per heavy atom. The number of piperidine rings is 1. The number of hydrogen-bond acceptors (Lipinski definition) is 2. The molecular weight excluding hydrogens is 315 g/mol. The summed E-state index contributed by atoms with van der Waals surface area (Å²) >= 11 is 0. The summed E-state index contributed by atoms with van der Waals surface area (Å²) in [6, 6.07) is 7.14. The van der Waals surface area contributed by atoms with Gasteiger partial charge in [-0.1, -0.05) is 24.3 Å². The van der Waals surface area contributed by atoms with Crippen LogP contribution in [0.1, 0.15) is 64.2 Å². The molecule has 1 heterocycles. The van der Waals surface area contributed by atoms with E-state index in [2.05, 4.69) is 27.7 Å². The Labute approximate surface area is 141 Å². The third kappa shape index (κ3) is 3.08. The first-order valence-electron chi connectivity index (χ1n) is 8.64. The van der Waals surface area contributed by atoms with Gasteiger partial charge in [-0.2, -0.15) is 18.2 Å². The predicted octanol–water partition coefficient (Wildman–Crippen LogP) is 5.44. The molecule has 0 radical (unpaired) electrons. The van der Waals surface area contributed by atoms with Gasteiger partial charge in [-0.05, 0) is 64.5 Å². The highest BCUT2D eigenvalue weighted by molar-refractivity contribution is 5.35. The van der Waals surface area contributed by atoms with Crippen molar-refractivity contribution in [2.75, 3.05) is 0 Å². The molecule has 1 aliphatic carbocycles. The number of nitrogens with zero attached hydrogens (tertiary/aromatic N) is 1. The Morgan fingerprint density at radius 3 is 2.21 bits per heavy atom. The number of benzene rings is 1. The molecule has 3 rings (SSSR count). The highest BCUT2D eigenvalue weighted by Gasteiger charge is 2.53. The predicted molar refractivity (Wildman–Crippen MR) is 87.4 cm³/mol. The van der Waals surface area contributed by atoms with Crippen LogP contribution in [0.5, 0.6) is 0 Å². The van der Waals surface area contributed by atoms with E-state index in [1.807, 2.05) is 5.06 Å². The number of halogens is 3. The van der Waals surface area contributed by atoms with Crippen molar-refractivity contribution in [1.82, 2.24) is 5.06 Å². The van der Waals surface area contributed by atoms with Crippen LogP contribution < -0.4 is 0 Å². The van der Waals surface area contributed by atoms with Crippen LogP contribution in [0.2, 0.25) is 0 Å². The van der Waals surface area contributed by atoms with Gasteiger partial charge in [0.15, 0.2) is 0 Å². The molecule has 1 aliphatic heterocycles. The fourth-order valence-electron chi connectivity index (χ4n) is 4.35. The quantitative estimate of drug-likeness (QED) is 0.710. The van der Waals surface area contributed by atoms with E-state index in [1.54, 1.807) is 24.3 Å². The maximum Gasteiger partial charge on any atom is 0.395 e. The van der Waals surface area contributed by atoms with Gasteiger partial charge in [0.1, 0.15) is 6.10 Å². The van der Waals surface area contributed by atoms with Crippen LogP contribution in [0.3, 0.4) is 0 Å². The van der Waals surface area contributed by atoms with E-state index in [0.717, 1.165) is 24.8 Å². The lowest BCUT2D eigenvalue weighted by molar-refractivity contribution is -0.332. The average molecular weight is 341 g/mol. The zero-order valence-electron chi connectivity index (χ0n) is 14.8. The lowest BCUT2D eigenvalue weighted by atomic mass is 9.82. The van der Waals surface area contributed by atoms with E-state index in [-0.39, 0.29) is 17.5 Å². The third-order valence-electron chi connectivity index (χ3n) is 5.48. The number of alkyl halides is 3. The van der Waals surface area contributed by atoms with Crippen LogP contribution in [-0.4, -0.2) is 22.3 Å². The molecule has 2 aliphatic rings. The Balaban J connectivity index is 1.96. The van der Waals surface area contributed by atoms with Crippen LogP contribution >= 0.6 is 0 Å². The number of fused-ring (bicyclic) bond motifs is 1. The summed E-state index contributed by atoms with van der Waals surface area (Å²) in [4.78, 5) is 6.16. The molecular formula is C19H26F3NO. The molecule has 2 nitrogen and oxygen atoms in total. The van der Waals surface area contributed by atoms with Crippen molar-refractivity contribution < 1.29 is 18.0 Å². The van der Waals surface area contributed by atoms with Gasteiger partial charge in [0, 0.05) is 11.1 Å². The maximum absolute atomic E-state index is 13.6. The number of hydroxylamine groups is 2. The molecule has 24 heavy (non-hydrogen) atoms. The molecule has 0 N–H and O–H groups in total. The van der Waals surface area contributed by atoms with Gasteiger partial charge >= 0.3 is 6.18 Å². The van der Waals surface area contributed by atoms with Gasteiger partial charge < -0.3 is 0 Å². The smallest absolute Gasteiger partial charge is 0.289 e. The lowest BCUT2D eigenvalue weighted by Crippen LogP contribution is -2.58. The van der Waals surface area contributed by atoms with Gasteiger partial charge in [-0.3, -0.25) is 4.84 Å². The standard InChI is InChI=1S/C19H26F3NO/c1-17(2)10-7-11-18(3,4)23(17)24-16-14-9-6-5-8-13(14)12-15(16)19(20,21)22/h5-6,8-9,15-16H,7,10-12H2,1-4H3/t15-,16-/m0/s1. The highest BCUT2D eigenvalue weighted by Crippen LogP contribution is 2.50. The van der Waals surface area contributed by atoms with Gasteiger partial charge in [0.2, 0.25) is 0 Å². The molecule has 2 atom stereocenters. The molecule has 0 spiro atoms. The minimum Gasteiger partial charge on any atom is -0.289 e. The molecule has 5 heteroatoms. The topological polar surface area (TPSA) is 12.5 Å². The lowest BCUT2D eigenvalue weighted by Gasteiger charge is -2.52. The van der Waals surface area contributed by atoms with Gasteiger partial charge in [0.25, 0.3) is 0 Å². The number of hydrogen-bond donors (Lipinski definition) is 0. The molecule has 134 valence electrons. The molecule has 0 aromatic heterocycles. The van der Waals surface area contributed by atoms with E-state index in [1.165, 1.54) is 0 Å². The fourth-order valence-corrected chi connectivity index (χ4v) is 4.35. The minimum absolute atomic E-state index is 0.000955. The molecule has 0 saturated carbocycles. The van der Waals surface area contributed by atoms with E-state index >= 15 is 0 Å². The molecule has 0 amide bonds. The highest BCUT2D eigenvalue weighted by atomic mass is 19.4.